The number of fused-ring (bicyclic) bond motifs is 1. The summed E-state index contributed by atoms with van der Waals surface area (Å²) in [5.74, 6) is -0.114. The highest BCUT2D eigenvalue weighted by molar-refractivity contribution is 5.99. The number of methoxy groups -OCH3 is 1. The second kappa shape index (κ2) is 6.49. The summed E-state index contributed by atoms with van der Waals surface area (Å²) in [7, 11) is 1.41. The van der Waals surface area contributed by atoms with E-state index in [1.54, 1.807) is 0 Å². The summed E-state index contributed by atoms with van der Waals surface area (Å²) in [6.07, 6.45) is 5.78. The molecule has 4 unspecified atom stereocenters. The van der Waals surface area contributed by atoms with Crippen LogP contribution >= 0.6 is 0 Å². The Morgan fingerprint density at radius 1 is 1.25 bits per heavy atom. The van der Waals surface area contributed by atoms with Crippen molar-refractivity contribution in [2.24, 2.45) is 28.2 Å². The first-order chi connectivity index (χ1) is 11.4. The van der Waals surface area contributed by atoms with E-state index in [-0.39, 0.29) is 35.3 Å². The fourth-order valence-electron chi connectivity index (χ4n) is 4.63. The van der Waals surface area contributed by atoms with Crippen molar-refractivity contribution in [3.8, 4) is 0 Å². The van der Waals surface area contributed by atoms with Gasteiger partial charge in [-0.3, -0.25) is 9.79 Å². The fraction of sp³-hybridized carbons (Fsp3) is 0.842. The lowest BCUT2D eigenvalue weighted by Crippen LogP contribution is -2.56. The van der Waals surface area contributed by atoms with Gasteiger partial charge in [-0.2, -0.15) is 0 Å². The summed E-state index contributed by atoms with van der Waals surface area (Å²) in [6.45, 7) is 5.95. The number of hydrogen-bond acceptors (Lipinski definition) is 5. The van der Waals surface area contributed by atoms with Crippen molar-refractivity contribution in [3.05, 3.63) is 0 Å². The van der Waals surface area contributed by atoms with Crippen molar-refractivity contribution in [1.82, 2.24) is 0 Å². The molecule has 3 fully saturated rings. The minimum Gasteiger partial charge on any atom is -0.469 e. The lowest BCUT2D eigenvalue weighted by molar-refractivity contribution is -0.153. The van der Waals surface area contributed by atoms with E-state index in [2.05, 4.69) is 6.92 Å². The molecule has 5 atom stereocenters. The van der Waals surface area contributed by atoms with Gasteiger partial charge in [-0.15, -0.1) is 0 Å². The molecule has 0 radical (unpaired) electrons. The zero-order chi connectivity index (χ0) is 17.5. The van der Waals surface area contributed by atoms with E-state index < -0.39 is 6.04 Å². The molecule has 0 N–H and O–H groups in total. The number of aliphatic imine (C=N–C) groups is 1. The molecule has 3 saturated carbocycles. The van der Waals surface area contributed by atoms with Crippen LogP contribution in [-0.4, -0.2) is 36.9 Å². The van der Waals surface area contributed by atoms with Crippen molar-refractivity contribution < 1.29 is 19.1 Å². The molecule has 0 spiro atoms. The van der Waals surface area contributed by atoms with E-state index >= 15 is 0 Å². The Morgan fingerprint density at radius 3 is 2.50 bits per heavy atom. The third-order valence-electron chi connectivity index (χ3n) is 6.38. The number of ether oxygens (including phenoxy) is 2. The minimum atomic E-state index is -0.563. The fourth-order valence-corrected chi connectivity index (χ4v) is 4.63. The van der Waals surface area contributed by atoms with Gasteiger partial charge in [-0.05, 0) is 51.9 Å². The third-order valence-corrected chi connectivity index (χ3v) is 6.38. The van der Waals surface area contributed by atoms with Gasteiger partial charge in [0, 0.05) is 17.0 Å². The van der Waals surface area contributed by atoms with Crippen LogP contribution in [0, 0.1) is 23.2 Å². The van der Waals surface area contributed by atoms with E-state index in [0.29, 0.717) is 0 Å². The molecule has 5 heteroatoms. The first-order valence-corrected chi connectivity index (χ1v) is 9.22. The maximum Gasteiger partial charge on any atom is 0.331 e. The largest absolute Gasteiger partial charge is 0.469 e. The molecular weight excluding hydrogens is 306 g/mol. The molecule has 0 bridgehead atoms. The van der Waals surface area contributed by atoms with Crippen LogP contribution < -0.4 is 0 Å². The van der Waals surface area contributed by atoms with Gasteiger partial charge in [0.05, 0.1) is 19.1 Å². The Hall–Kier alpha value is -1.39. The second-order valence-electron chi connectivity index (χ2n) is 8.09. The van der Waals surface area contributed by atoms with Crippen molar-refractivity contribution in [2.45, 2.75) is 71.4 Å². The highest BCUT2D eigenvalue weighted by atomic mass is 16.5. The van der Waals surface area contributed by atoms with Gasteiger partial charge < -0.3 is 9.47 Å². The SMILES string of the molecule is COC(=O)[C@@H]1CCCC1C(N=C1CC2CCC12C)C(=O)OC(C)C. The van der Waals surface area contributed by atoms with Gasteiger partial charge in [-0.1, -0.05) is 13.3 Å². The van der Waals surface area contributed by atoms with E-state index in [0.717, 1.165) is 43.7 Å². The number of carbonyl (C=O) groups is 2. The molecule has 0 aliphatic heterocycles. The smallest absolute Gasteiger partial charge is 0.331 e. The summed E-state index contributed by atoms with van der Waals surface area (Å²) < 4.78 is 10.4. The first-order valence-electron chi connectivity index (χ1n) is 9.22. The average Bonchev–Trinajstić information content (AvgIpc) is 3.01. The maximum absolute atomic E-state index is 12.7. The summed E-state index contributed by atoms with van der Waals surface area (Å²) in [5, 5.41) is 0. The van der Waals surface area contributed by atoms with Crippen molar-refractivity contribution in [3.63, 3.8) is 0 Å². The molecule has 0 aromatic heterocycles. The predicted octanol–water partition coefficient (Wildman–Crippen LogP) is 3.16. The Kier molecular flexibility index (Phi) is 4.71. The lowest BCUT2D eigenvalue weighted by atomic mass is 9.47. The van der Waals surface area contributed by atoms with E-state index in [9.17, 15) is 9.59 Å². The zero-order valence-corrected chi connectivity index (χ0v) is 15.2. The van der Waals surface area contributed by atoms with Crippen LogP contribution in [-0.2, 0) is 19.1 Å². The van der Waals surface area contributed by atoms with Crippen molar-refractivity contribution >= 4 is 17.7 Å². The van der Waals surface area contributed by atoms with Crippen molar-refractivity contribution in [2.75, 3.05) is 7.11 Å². The van der Waals surface area contributed by atoms with E-state index in [1.807, 2.05) is 13.8 Å². The highest BCUT2D eigenvalue weighted by Gasteiger charge is 2.56. The number of carbonyl (C=O) groups excluding carboxylic acids is 2. The van der Waals surface area contributed by atoms with Crippen LogP contribution in [0.1, 0.15) is 59.3 Å². The van der Waals surface area contributed by atoms with Crippen LogP contribution in [0.4, 0.5) is 0 Å². The number of esters is 2. The molecule has 24 heavy (non-hydrogen) atoms. The Bertz CT molecular complexity index is 556. The number of nitrogens with zero attached hydrogens (tertiary/aromatic N) is 1. The molecule has 0 aromatic rings. The Labute approximate surface area is 144 Å². The summed E-state index contributed by atoms with van der Waals surface area (Å²) in [6, 6.07) is -0.563. The number of rotatable bonds is 5. The number of hydrogen-bond donors (Lipinski definition) is 0. The van der Waals surface area contributed by atoms with Gasteiger partial charge in [-0.25, -0.2) is 4.79 Å². The van der Waals surface area contributed by atoms with Gasteiger partial charge >= 0.3 is 11.9 Å². The normalized spacial score (nSPS) is 37.4. The molecular formula is C19H29NO4. The van der Waals surface area contributed by atoms with Gasteiger partial charge in [0.1, 0.15) is 0 Å². The molecule has 3 aliphatic carbocycles. The van der Waals surface area contributed by atoms with Gasteiger partial charge in [0.2, 0.25) is 0 Å². The summed E-state index contributed by atoms with van der Waals surface area (Å²) in [5.41, 5.74) is 1.34. The van der Waals surface area contributed by atoms with Gasteiger partial charge in [0.25, 0.3) is 0 Å². The maximum atomic E-state index is 12.7. The lowest BCUT2D eigenvalue weighted by Gasteiger charge is -2.57. The molecule has 3 rings (SSSR count). The van der Waals surface area contributed by atoms with Crippen LogP contribution in [0.25, 0.3) is 0 Å². The monoisotopic (exact) mass is 335 g/mol. The average molecular weight is 335 g/mol. The van der Waals surface area contributed by atoms with Crippen LogP contribution in [0.2, 0.25) is 0 Å². The van der Waals surface area contributed by atoms with Gasteiger partial charge in [0.15, 0.2) is 6.04 Å². The zero-order valence-electron chi connectivity index (χ0n) is 15.2. The molecule has 0 saturated heterocycles. The van der Waals surface area contributed by atoms with E-state index in [1.165, 1.54) is 13.5 Å². The van der Waals surface area contributed by atoms with Crippen LogP contribution in [0.5, 0.6) is 0 Å². The molecule has 134 valence electrons. The van der Waals surface area contributed by atoms with Crippen molar-refractivity contribution in [1.29, 1.82) is 0 Å². The third kappa shape index (κ3) is 2.86. The van der Waals surface area contributed by atoms with E-state index in [4.69, 9.17) is 14.5 Å². The van der Waals surface area contributed by atoms with Crippen LogP contribution in [0.15, 0.2) is 4.99 Å². The molecule has 0 amide bonds. The topological polar surface area (TPSA) is 65.0 Å². The highest BCUT2D eigenvalue weighted by Crippen LogP contribution is 2.59. The standard InChI is InChI=1S/C19H29NO4/c1-11(2)24-18(22)16(13-6-5-7-14(13)17(21)23-4)20-15-10-12-8-9-19(12,15)3/h11-14,16H,5-10H2,1-4H3/t12?,13?,14-,16?,19?/m1/s1. The summed E-state index contributed by atoms with van der Waals surface area (Å²) >= 11 is 0. The Morgan fingerprint density at radius 2 is 2.00 bits per heavy atom. The molecule has 0 aromatic carbocycles. The van der Waals surface area contributed by atoms with Crippen LogP contribution in [0.3, 0.4) is 0 Å². The quantitative estimate of drug-likeness (QED) is 0.724. The summed E-state index contributed by atoms with van der Waals surface area (Å²) in [4.78, 5) is 29.7. The first kappa shape index (κ1) is 17.4. The molecule has 3 aliphatic rings. The Balaban J connectivity index is 1.83. The second-order valence-corrected chi connectivity index (χ2v) is 8.09. The minimum absolute atomic E-state index is 0.0982. The predicted molar refractivity (Wildman–Crippen MR) is 90.7 cm³/mol. The molecule has 5 nitrogen and oxygen atoms in total. The molecule has 0 heterocycles.